The number of likely N-dealkylation sites (N-methyl/N-ethyl adjacent to an activating group) is 1. The van der Waals surface area contributed by atoms with Crippen LogP contribution < -0.4 is 5.32 Å². The summed E-state index contributed by atoms with van der Waals surface area (Å²) in [6.07, 6.45) is 0.0861. The average molecular weight is 505 g/mol. The molecule has 4 aromatic rings. The molecule has 0 saturated heterocycles. The smallest absolute Gasteiger partial charge is 0.270 e. The number of aryl methyl sites for hydroxylation is 1. The summed E-state index contributed by atoms with van der Waals surface area (Å²) in [5, 5.41) is 14.4. The van der Waals surface area contributed by atoms with Crippen LogP contribution in [0.3, 0.4) is 0 Å². The Morgan fingerprint density at radius 2 is 1.76 bits per heavy atom. The lowest BCUT2D eigenvalue weighted by Crippen LogP contribution is -2.23. The molecule has 0 aliphatic carbocycles. The lowest BCUT2D eigenvalue weighted by atomic mass is 9.99. The Kier molecular flexibility index (Phi) is 7.12. The molecular weight excluding hydrogens is 474 g/mol. The van der Waals surface area contributed by atoms with Crippen LogP contribution in [-0.4, -0.2) is 40.0 Å². The molecule has 1 aromatic heterocycles. The molecule has 3 aromatic carbocycles. The van der Waals surface area contributed by atoms with E-state index in [1.807, 2.05) is 31.2 Å². The van der Waals surface area contributed by atoms with Gasteiger partial charge in [-0.1, -0.05) is 30.3 Å². The molecule has 0 aliphatic rings. The molecule has 37 heavy (non-hydrogen) atoms. The largest absolute Gasteiger partial charge is 0.508 e. The lowest BCUT2D eigenvalue weighted by molar-refractivity contribution is -0.128. The molecule has 0 unspecified atom stereocenters. The summed E-state index contributed by atoms with van der Waals surface area (Å²) in [4.78, 5) is 22.8. The molecule has 0 spiro atoms. The lowest BCUT2D eigenvalue weighted by Gasteiger charge is -2.19. The number of rotatable bonds is 7. The number of hydrogen-bond acceptors (Lipinski definition) is 5. The van der Waals surface area contributed by atoms with Crippen LogP contribution in [0.5, 0.6) is 5.75 Å². The molecule has 6 nitrogen and oxygen atoms in total. The van der Waals surface area contributed by atoms with Crippen LogP contribution in [0.4, 0.5) is 14.6 Å². The summed E-state index contributed by atoms with van der Waals surface area (Å²) in [6, 6.07) is 17.0. The summed E-state index contributed by atoms with van der Waals surface area (Å²) < 4.78 is 27.8. The van der Waals surface area contributed by atoms with E-state index in [4.69, 9.17) is 0 Å². The number of amides is 1. The second kappa shape index (κ2) is 10.1. The number of nitrogens with one attached hydrogen (secondary N) is 1. The zero-order valence-corrected chi connectivity index (χ0v) is 21.5. The van der Waals surface area contributed by atoms with E-state index in [1.165, 1.54) is 17.0 Å². The first-order chi connectivity index (χ1) is 17.4. The summed E-state index contributed by atoms with van der Waals surface area (Å²) >= 11 is 0. The van der Waals surface area contributed by atoms with Crippen molar-refractivity contribution in [2.45, 2.75) is 39.2 Å². The van der Waals surface area contributed by atoms with Gasteiger partial charge in [-0.05, 0) is 60.9 Å². The molecule has 1 amide bonds. The van der Waals surface area contributed by atoms with Gasteiger partial charge in [0, 0.05) is 43.6 Å². The monoisotopic (exact) mass is 504 g/mol. The Morgan fingerprint density at radius 3 is 2.46 bits per heavy atom. The van der Waals surface area contributed by atoms with Gasteiger partial charge >= 0.3 is 0 Å². The molecule has 0 aliphatic heterocycles. The highest BCUT2D eigenvalue weighted by atomic mass is 19.3. The Balaban J connectivity index is 1.71. The molecule has 8 heteroatoms. The zero-order valence-electron chi connectivity index (χ0n) is 21.5. The minimum absolute atomic E-state index is 0.0412. The Labute approximate surface area is 215 Å². The van der Waals surface area contributed by atoms with Gasteiger partial charge in [-0.2, -0.15) is 0 Å². The number of aromatic nitrogens is 2. The second-order valence-electron chi connectivity index (χ2n) is 9.54. The van der Waals surface area contributed by atoms with E-state index in [-0.39, 0.29) is 29.7 Å². The fourth-order valence-electron chi connectivity index (χ4n) is 4.13. The standard InChI is InChI=1S/C29H30F2N4O2/c1-17(19-7-6-8-23(14-19)29(3,30)31)32-28-24-15-21(9-11-25(24)33-18(2)34-28)20-10-12-26(36)22(13-20)16-27(37)35(4)5/h6-15,17,36H,16H2,1-5H3,(H,32,33,34)/t17-/m1/s1. The van der Waals surface area contributed by atoms with Crippen LogP contribution in [0.25, 0.3) is 22.0 Å². The van der Waals surface area contributed by atoms with Gasteiger partial charge in [0.05, 0.1) is 11.9 Å². The molecule has 192 valence electrons. The maximum atomic E-state index is 13.9. The van der Waals surface area contributed by atoms with Gasteiger partial charge in [0.25, 0.3) is 5.92 Å². The predicted octanol–water partition coefficient (Wildman–Crippen LogP) is 6.23. The van der Waals surface area contributed by atoms with Gasteiger partial charge in [-0.3, -0.25) is 4.79 Å². The Hall–Kier alpha value is -4.07. The summed E-state index contributed by atoms with van der Waals surface area (Å²) in [5.74, 6) is -1.80. The first-order valence-electron chi connectivity index (χ1n) is 12.0. The normalized spacial score (nSPS) is 12.4. The number of benzene rings is 3. The van der Waals surface area contributed by atoms with Crippen molar-refractivity contribution >= 4 is 22.6 Å². The SMILES string of the molecule is Cc1nc(N[C@H](C)c2cccc(C(C)(F)F)c2)c2cc(-c3ccc(O)c(CC(=O)N(C)C)c3)ccc2n1. The van der Waals surface area contributed by atoms with Gasteiger partial charge in [0.1, 0.15) is 17.4 Å². The van der Waals surface area contributed by atoms with Gasteiger partial charge in [-0.25, -0.2) is 18.7 Å². The molecule has 4 rings (SSSR count). The molecule has 0 bridgehead atoms. The third kappa shape index (κ3) is 5.85. The minimum atomic E-state index is -2.93. The number of carbonyl (C=O) groups is 1. The topological polar surface area (TPSA) is 78.4 Å². The number of phenols is 1. The molecule has 2 N–H and O–H groups in total. The number of carbonyl (C=O) groups excluding carboxylic acids is 1. The minimum Gasteiger partial charge on any atom is -0.508 e. The first-order valence-corrected chi connectivity index (χ1v) is 12.0. The van der Waals surface area contributed by atoms with Gasteiger partial charge in [0.2, 0.25) is 5.91 Å². The highest BCUT2D eigenvalue weighted by Crippen LogP contribution is 2.33. The first kappa shape index (κ1) is 26.0. The van der Waals surface area contributed by atoms with E-state index >= 15 is 0 Å². The number of aromatic hydroxyl groups is 1. The number of nitrogens with zero attached hydrogens (tertiary/aromatic N) is 3. The van der Waals surface area contributed by atoms with Crippen molar-refractivity contribution in [2.75, 3.05) is 19.4 Å². The van der Waals surface area contributed by atoms with Crippen molar-refractivity contribution in [1.82, 2.24) is 14.9 Å². The highest BCUT2D eigenvalue weighted by Gasteiger charge is 2.25. The van der Waals surface area contributed by atoms with Gasteiger partial charge in [-0.15, -0.1) is 0 Å². The number of halogens is 2. The maximum Gasteiger partial charge on any atom is 0.270 e. The van der Waals surface area contributed by atoms with Crippen molar-refractivity contribution in [3.63, 3.8) is 0 Å². The summed E-state index contributed by atoms with van der Waals surface area (Å²) in [7, 11) is 3.35. The van der Waals surface area contributed by atoms with Crippen molar-refractivity contribution in [3.8, 4) is 16.9 Å². The highest BCUT2D eigenvalue weighted by molar-refractivity contribution is 5.93. The van der Waals surface area contributed by atoms with Crippen molar-refractivity contribution < 1.29 is 18.7 Å². The molecule has 0 fully saturated rings. The fraction of sp³-hybridized carbons (Fsp3) is 0.276. The number of hydrogen-bond donors (Lipinski definition) is 2. The van der Waals surface area contributed by atoms with Crippen LogP contribution in [0.15, 0.2) is 60.7 Å². The van der Waals surface area contributed by atoms with Crippen molar-refractivity contribution in [3.05, 3.63) is 83.2 Å². The van der Waals surface area contributed by atoms with E-state index in [1.54, 1.807) is 45.3 Å². The fourth-order valence-corrected chi connectivity index (χ4v) is 4.13. The molecule has 1 atom stereocenters. The van der Waals surface area contributed by atoms with E-state index in [0.717, 1.165) is 29.0 Å². The Bertz CT molecular complexity index is 1460. The molecule has 0 saturated carbocycles. The number of anilines is 1. The van der Waals surface area contributed by atoms with Crippen LogP contribution in [0.2, 0.25) is 0 Å². The Morgan fingerprint density at radius 1 is 1.05 bits per heavy atom. The van der Waals surface area contributed by atoms with Crippen molar-refractivity contribution in [2.24, 2.45) is 0 Å². The predicted molar refractivity (Wildman–Crippen MR) is 142 cm³/mol. The molecule has 1 heterocycles. The average Bonchev–Trinajstić information content (AvgIpc) is 2.84. The van der Waals surface area contributed by atoms with E-state index < -0.39 is 5.92 Å². The third-order valence-corrected chi connectivity index (χ3v) is 6.31. The molecule has 0 radical (unpaired) electrons. The van der Waals surface area contributed by atoms with Crippen LogP contribution in [0.1, 0.15) is 42.4 Å². The molecular formula is C29H30F2N4O2. The number of fused-ring (bicyclic) bond motifs is 1. The zero-order chi connectivity index (χ0) is 26.9. The summed E-state index contributed by atoms with van der Waals surface area (Å²) in [6.45, 7) is 4.59. The number of alkyl halides is 2. The van der Waals surface area contributed by atoms with Crippen molar-refractivity contribution in [1.29, 1.82) is 0 Å². The van der Waals surface area contributed by atoms with Gasteiger partial charge < -0.3 is 15.3 Å². The third-order valence-electron chi connectivity index (χ3n) is 6.31. The van der Waals surface area contributed by atoms with E-state index in [9.17, 15) is 18.7 Å². The van der Waals surface area contributed by atoms with Crippen LogP contribution >= 0.6 is 0 Å². The number of phenolic OH excluding ortho intramolecular Hbond substituents is 1. The maximum absolute atomic E-state index is 13.9. The van der Waals surface area contributed by atoms with E-state index in [2.05, 4.69) is 15.3 Å². The van der Waals surface area contributed by atoms with E-state index in [0.29, 0.717) is 22.8 Å². The quantitative estimate of drug-likeness (QED) is 0.312. The van der Waals surface area contributed by atoms with Gasteiger partial charge in [0.15, 0.2) is 0 Å². The second-order valence-corrected chi connectivity index (χ2v) is 9.54. The van der Waals surface area contributed by atoms with Crippen LogP contribution in [-0.2, 0) is 17.1 Å². The summed E-state index contributed by atoms with van der Waals surface area (Å²) in [5.41, 5.74) is 3.65. The van der Waals surface area contributed by atoms with Crippen LogP contribution in [0, 0.1) is 6.92 Å².